The second-order valence-electron chi connectivity index (χ2n) is 6.88. The molecule has 0 atom stereocenters. The van der Waals surface area contributed by atoms with Crippen molar-refractivity contribution in [2.75, 3.05) is 5.73 Å². The monoisotopic (exact) mass is 547 g/mol. The minimum absolute atomic E-state index is 0.0286. The van der Waals surface area contributed by atoms with E-state index < -0.39 is 69.6 Å². The average Bonchev–Trinajstić information content (AvgIpc) is 3.00. The highest BCUT2D eigenvalue weighted by Crippen LogP contribution is 2.39. The third-order valence-electron chi connectivity index (χ3n) is 4.73. The number of rotatable bonds is 3. The highest BCUT2D eigenvalue weighted by Gasteiger charge is 2.34. The summed E-state index contributed by atoms with van der Waals surface area (Å²) >= 11 is 2.86. The molecule has 0 aliphatic carbocycles. The number of aromatic nitrogens is 1. The molecule has 0 saturated heterocycles. The van der Waals surface area contributed by atoms with Crippen molar-refractivity contribution in [3.63, 3.8) is 0 Å². The lowest BCUT2D eigenvalue weighted by Gasteiger charge is -2.18. The summed E-state index contributed by atoms with van der Waals surface area (Å²) in [4.78, 5) is 36.6. The van der Waals surface area contributed by atoms with Crippen molar-refractivity contribution in [1.82, 2.24) is 9.88 Å². The predicted molar refractivity (Wildman–Crippen MR) is 107 cm³/mol. The number of nitrogens with one attached hydrogen (secondary N) is 1. The number of nitrogens with two attached hydrogens (primary N) is 1. The number of nitrogen functional groups attached to an aromatic ring is 1. The zero-order valence-corrected chi connectivity index (χ0v) is 17.8. The number of imide groups is 1. The molecule has 2 aromatic carbocycles. The fourth-order valence-corrected chi connectivity index (χ4v) is 3.56. The molecular formula is C20H8BrF6N3O4. The van der Waals surface area contributed by atoms with Gasteiger partial charge in [0.05, 0.1) is 26.9 Å². The van der Waals surface area contributed by atoms with Gasteiger partial charge in [0.2, 0.25) is 0 Å². The maximum Gasteiger partial charge on any atom is 0.416 e. The second kappa shape index (κ2) is 7.90. The number of anilines is 1. The normalized spacial score (nSPS) is 13.1. The summed E-state index contributed by atoms with van der Waals surface area (Å²) in [5.41, 5.74) is 2.12. The number of carbonyl (C=O) groups is 2. The molecule has 0 unspecified atom stereocenters. The van der Waals surface area contributed by atoms with Crippen LogP contribution in [0.3, 0.4) is 0 Å². The highest BCUT2D eigenvalue weighted by molar-refractivity contribution is 9.10. The molecule has 0 bridgehead atoms. The Morgan fingerprint density at radius 1 is 0.912 bits per heavy atom. The zero-order chi connectivity index (χ0) is 25.1. The summed E-state index contributed by atoms with van der Waals surface area (Å²) in [6.45, 7) is 0. The summed E-state index contributed by atoms with van der Waals surface area (Å²) in [5.74, 6) is -9.03. The van der Waals surface area contributed by atoms with Crippen molar-refractivity contribution in [3.8, 4) is 17.2 Å². The van der Waals surface area contributed by atoms with Crippen LogP contribution in [0.15, 0.2) is 39.6 Å². The highest BCUT2D eigenvalue weighted by atomic mass is 79.9. The van der Waals surface area contributed by atoms with E-state index in [0.717, 1.165) is 12.1 Å². The van der Waals surface area contributed by atoms with E-state index in [1.54, 1.807) is 0 Å². The fourth-order valence-electron chi connectivity index (χ4n) is 3.23. The average molecular weight is 548 g/mol. The van der Waals surface area contributed by atoms with Gasteiger partial charge < -0.3 is 10.5 Å². The molecule has 0 saturated carbocycles. The number of benzene rings is 2. The van der Waals surface area contributed by atoms with Gasteiger partial charge in [-0.25, -0.2) is 13.2 Å². The van der Waals surface area contributed by atoms with Gasteiger partial charge in [-0.2, -0.15) is 13.2 Å². The standard InChI is InChI=1S/C20H8BrF6N3O4/c21-8-4-12(30-14(31)3-7-15(17(30)28)19(33)29-18(7)32)13(5-9(8)22)34-16-10(23)1-6(2-11(16)24)20(25,26)27/h1-5H,28H2,(H,29,32,33). The Kier molecular flexibility index (Phi) is 5.43. The van der Waals surface area contributed by atoms with Crippen molar-refractivity contribution < 1.29 is 40.7 Å². The predicted octanol–water partition coefficient (Wildman–Crippen LogP) is 4.29. The maximum atomic E-state index is 14.3. The smallest absolute Gasteiger partial charge is 0.416 e. The summed E-state index contributed by atoms with van der Waals surface area (Å²) in [6.07, 6.45) is -5.06. The van der Waals surface area contributed by atoms with Gasteiger partial charge in [0.1, 0.15) is 11.6 Å². The Balaban J connectivity index is 1.93. The first-order chi connectivity index (χ1) is 15.8. The molecule has 0 fully saturated rings. The Morgan fingerprint density at radius 2 is 1.53 bits per heavy atom. The summed E-state index contributed by atoms with van der Waals surface area (Å²) in [7, 11) is 0. The number of amides is 2. The van der Waals surface area contributed by atoms with Crippen LogP contribution in [0.4, 0.5) is 32.2 Å². The molecule has 1 aliphatic rings. The number of fused-ring (bicyclic) bond motifs is 1. The van der Waals surface area contributed by atoms with Crippen LogP contribution in [0.5, 0.6) is 11.5 Å². The van der Waals surface area contributed by atoms with Crippen LogP contribution >= 0.6 is 15.9 Å². The fraction of sp³-hybridized carbons (Fsp3) is 0.0500. The lowest BCUT2D eigenvalue weighted by atomic mass is 10.1. The van der Waals surface area contributed by atoms with Gasteiger partial charge >= 0.3 is 6.18 Å². The molecule has 176 valence electrons. The first-order valence-corrected chi connectivity index (χ1v) is 9.73. The molecule has 0 radical (unpaired) electrons. The van der Waals surface area contributed by atoms with Gasteiger partial charge in [0.15, 0.2) is 23.1 Å². The Morgan fingerprint density at radius 3 is 2.12 bits per heavy atom. The van der Waals surface area contributed by atoms with E-state index in [0.29, 0.717) is 10.6 Å². The van der Waals surface area contributed by atoms with Crippen LogP contribution in [-0.4, -0.2) is 16.4 Å². The Hall–Kier alpha value is -3.81. The molecule has 7 nitrogen and oxygen atoms in total. The molecule has 3 N–H and O–H groups in total. The van der Waals surface area contributed by atoms with Crippen LogP contribution in [-0.2, 0) is 6.18 Å². The van der Waals surface area contributed by atoms with E-state index in [1.165, 1.54) is 0 Å². The van der Waals surface area contributed by atoms with Gasteiger partial charge in [-0.1, -0.05) is 0 Å². The Labute approximate surface area is 192 Å². The third-order valence-corrected chi connectivity index (χ3v) is 5.34. The number of hydrogen-bond donors (Lipinski definition) is 2. The van der Waals surface area contributed by atoms with E-state index >= 15 is 0 Å². The number of alkyl halides is 3. The van der Waals surface area contributed by atoms with Crippen LogP contribution in [0.2, 0.25) is 0 Å². The molecule has 3 aromatic rings. The first-order valence-electron chi connectivity index (χ1n) is 8.94. The van der Waals surface area contributed by atoms with Gasteiger partial charge in [0.25, 0.3) is 17.4 Å². The van der Waals surface area contributed by atoms with Gasteiger partial charge in [-0.3, -0.25) is 24.3 Å². The van der Waals surface area contributed by atoms with Gasteiger partial charge in [-0.05, 0) is 34.1 Å². The van der Waals surface area contributed by atoms with E-state index in [4.69, 9.17) is 10.5 Å². The minimum Gasteiger partial charge on any atom is -0.449 e. The van der Waals surface area contributed by atoms with Crippen LogP contribution in [0, 0.1) is 17.5 Å². The molecule has 0 spiro atoms. The first kappa shape index (κ1) is 23.4. The quantitative estimate of drug-likeness (QED) is 0.376. The molecular weight excluding hydrogens is 540 g/mol. The molecule has 2 amide bonds. The number of hydrogen-bond acceptors (Lipinski definition) is 5. The van der Waals surface area contributed by atoms with Crippen LogP contribution in [0.1, 0.15) is 26.3 Å². The number of ether oxygens (including phenoxy) is 1. The Bertz CT molecular complexity index is 1450. The van der Waals surface area contributed by atoms with Crippen molar-refractivity contribution >= 4 is 33.6 Å². The lowest BCUT2D eigenvalue weighted by Crippen LogP contribution is -2.24. The largest absolute Gasteiger partial charge is 0.449 e. The molecule has 34 heavy (non-hydrogen) atoms. The van der Waals surface area contributed by atoms with E-state index in [-0.39, 0.29) is 27.7 Å². The molecule has 14 heteroatoms. The second-order valence-corrected chi connectivity index (χ2v) is 7.73. The van der Waals surface area contributed by atoms with Gasteiger partial charge in [0, 0.05) is 12.1 Å². The third kappa shape index (κ3) is 3.79. The van der Waals surface area contributed by atoms with Crippen molar-refractivity contribution in [1.29, 1.82) is 0 Å². The van der Waals surface area contributed by atoms with E-state index in [9.17, 15) is 40.7 Å². The van der Waals surface area contributed by atoms with E-state index in [2.05, 4.69) is 15.9 Å². The minimum atomic E-state index is -5.06. The molecule has 4 rings (SSSR count). The van der Waals surface area contributed by atoms with Crippen molar-refractivity contribution in [2.45, 2.75) is 6.18 Å². The number of halogens is 7. The summed E-state index contributed by atoms with van der Waals surface area (Å²) in [5, 5.41) is 1.93. The van der Waals surface area contributed by atoms with E-state index in [1.807, 2.05) is 5.32 Å². The molecule has 2 heterocycles. The lowest BCUT2D eigenvalue weighted by molar-refractivity contribution is -0.138. The van der Waals surface area contributed by atoms with Crippen LogP contribution in [0.25, 0.3) is 5.69 Å². The topological polar surface area (TPSA) is 103 Å². The molecule has 1 aliphatic heterocycles. The van der Waals surface area contributed by atoms with Crippen molar-refractivity contribution in [2.24, 2.45) is 0 Å². The van der Waals surface area contributed by atoms with Crippen molar-refractivity contribution in [3.05, 3.63) is 79.3 Å². The SMILES string of the molecule is Nc1c2c(cc(=O)n1-c1cc(Br)c(F)cc1Oc1c(F)cc(C(F)(F)F)cc1F)C(=O)NC2=O. The molecule has 1 aromatic heterocycles. The summed E-state index contributed by atoms with van der Waals surface area (Å²) in [6, 6.07) is 2.20. The summed E-state index contributed by atoms with van der Waals surface area (Å²) < 4.78 is 86.7. The zero-order valence-electron chi connectivity index (χ0n) is 16.2. The van der Waals surface area contributed by atoms with Gasteiger partial charge in [-0.15, -0.1) is 0 Å². The maximum absolute atomic E-state index is 14.3. The van der Waals surface area contributed by atoms with Crippen LogP contribution < -0.4 is 21.3 Å². The number of carbonyl (C=O) groups excluding carboxylic acids is 2. The number of nitrogens with zero attached hydrogens (tertiary/aromatic N) is 1. The number of pyridine rings is 1.